The zero-order valence-electron chi connectivity index (χ0n) is 46.0. The molecule has 0 spiro atoms. The van der Waals surface area contributed by atoms with Gasteiger partial charge in [0.1, 0.15) is 0 Å². The van der Waals surface area contributed by atoms with E-state index < -0.39 is 0 Å². The molecule has 0 aromatic heterocycles. The molecule has 0 aliphatic rings. The summed E-state index contributed by atoms with van der Waals surface area (Å²) in [4.78, 5) is 0. The molecule has 0 N–H and O–H groups in total. The number of hydrogen-bond acceptors (Lipinski definition) is 0. The Kier molecular flexibility index (Phi) is 0. The van der Waals surface area contributed by atoms with Gasteiger partial charge in [0.05, 0.1) is 0 Å². The van der Waals surface area contributed by atoms with Crippen molar-refractivity contribution >= 4 is 0 Å². The van der Waals surface area contributed by atoms with Crippen LogP contribution in [0.2, 0.25) is 0 Å². The minimum Gasteiger partial charge on any atom is -0.0776 e. The molecule has 394 valence electrons. The monoisotopic (exact) mass is 835 g/mol. The molecule has 0 amide bonds. The second kappa shape index (κ2) is 0. The van der Waals surface area contributed by atoms with E-state index in [1.54, 1.807) is 0 Å². The molecule has 0 nitrogen and oxygen atoms in total. The molecule has 0 heteroatoms. The molecule has 0 aromatic rings. The normalized spacial score (nSPS) is 2.51. The molecular weight excluding hydrogens is 661 g/mol. The molecule has 0 rings (SSSR count). The van der Waals surface area contributed by atoms with Gasteiger partial charge in [-0.05, 0) is 0 Å². The summed E-state index contributed by atoms with van der Waals surface area (Å²) >= 11 is 0. The van der Waals surface area contributed by atoms with Crippen molar-refractivity contribution in [1.82, 2.24) is 0 Å². The lowest BCUT2D eigenvalue weighted by atomic mass is 11.0. The van der Waals surface area contributed by atoms with Crippen LogP contribution >= 0.6 is 0 Å². The van der Waals surface area contributed by atoms with Crippen LogP contribution in [-0.2, 0) is 0 Å². The van der Waals surface area contributed by atoms with E-state index in [1.807, 2.05) is 318 Å². The van der Waals surface area contributed by atoms with Gasteiger partial charge in [0.2, 0.25) is 0 Å². The molecule has 0 bridgehead atoms. The first kappa shape index (κ1) is 303. The first-order chi connectivity index (χ1) is 23.0. The highest BCUT2D eigenvalue weighted by Gasteiger charge is 0.976. The quantitative estimate of drug-likeness (QED) is 0.228. The summed E-state index contributed by atoms with van der Waals surface area (Å²) in [6, 6.07) is 0. The average molecular weight is 836 g/mol. The summed E-state index contributed by atoms with van der Waals surface area (Å²) in [6.45, 7) is 92.0. The van der Waals surface area contributed by atoms with E-state index in [0.717, 1.165) is 0 Å². The van der Waals surface area contributed by atoms with Crippen molar-refractivity contribution < 1.29 is 0 Å². The Balaban J connectivity index is -0.00000000333. The number of hydrogen-bond donors (Lipinski definition) is 0. The van der Waals surface area contributed by atoms with E-state index in [2.05, 4.69) is 0 Å². The highest BCUT2D eigenvalue weighted by Crippen LogP contribution is 1.19. The van der Waals surface area contributed by atoms with Gasteiger partial charge in [-0.3, -0.25) is 0 Å². The third-order valence-electron chi connectivity index (χ3n) is 0. The average Bonchev–Trinajstić information content (AvgIpc) is 3.31. The van der Waals surface area contributed by atoms with Crippen LogP contribution in [-0.4, -0.2) is 0 Å². The SMILES string of the molecule is C.C.C.C.C.C.C.C.C.CC.CC.CC.CC.CC.CC.CC.CC.CC.CC.CC.CC.CC.CC.CC.CC.CC.CC.CC.CC.CC.CC.CC. The fourth-order valence-corrected chi connectivity index (χ4v) is 0. The smallest absolute Gasteiger partial charge is 0.0683 e. The minimum atomic E-state index is 0. The van der Waals surface area contributed by atoms with E-state index in [4.69, 9.17) is 0 Å². The largest absolute Gasteiger partial charge is 0.0776 e. The molecule has 55 heavy (non-hydrogen) atoms. The molecule has 0 aromatic carbocycles. The van der Waals surface area contributed by atoms with Crippen LogP contribution in [0.5, 0.6) is 0 Å². The van der Waals surface area contributed by atoms with E-state index >= 15 is 0 Å². The van der Waals surface area contributed by atoms with Gasteiger partial charge >= 0.3 is 0 Å². The molecule has 0 unspecified atom stereocenters. The van der Waals surface area contributed by atoms with Crippen LogP contribution in [0.25, 0.3) is 0 Å². The van der Waals surface area contributed by atoms with Gasteiger partial charge in [0, 0.05) is 0 Å². The zero-order chi connectivity index (χ0) is 46.0. The topological polar surface area (TPSA) is 0 Å². The Bertz CT molecular complexity index is 0. The van der Waals surface area contributed by atoms with Crippen molar-refractivity contribution in [2.24, 2.45) is 0 Å². The number of rotatable bonds is 0. The second-order valence-corrected chi connectivity index (χ2v) is 0. The molecule has 0 heterocycles. The van der Waals surface area contributed by atoms with Crippen LogP contribution in [0.15, 0.2) is 0 Å². The van der Waals surface area contributed by atoms with Gasteiger partial charge in [0.25, 0.3) is 0 Å². The van der Waals surface area contributed by atoms with Crippen LogP contribution < -0.4 is 0 Å². The van der Waals surface area contributed by atoms with Crippen LogP contribution in [0.3, 0.4) is 0 Å². The first-order valence-electron chi connectivity index (χ1n) is 23.0. The maximum atomic E-state index is 2.00. The van der Waals surface area contributed by atoms with Gasteiger partial charge in [-0.15, -0.1) is 0 Å². The summed E-state index contributed by atoms with van der Waals surface area (Å²) in [5.41, 5.74) is 0. The Morgan fingerprint density at radius 1 is 0.0545 bits per heavy atom. The van der Waals surface area contributed by atoms with E-state index in [-0.39, 0.29) is 66.8 Å². The van der Waals surface area contributed by atoms with Crippen LogP contribution in [0, 0.1) is 0 Å². The molecule has 0 saturated carbocycles. The molecule has 0 aliphatic carbocycles. The summed E-state index contributed by atoms with van der Waals surface area (Å²) < 4.78 is 0. The fraction of sp³-hybridized carbons (Fsp3) is 1.00. The molecular formula is C55H174. The Labute approximate surface area is 384 Å². The maximum absolute atomic E-state index is 2.00. The fourth-order valence-electron chi connectivity index (χ4n) is 0. The van der Waals surface area contributed by atoms with Crippen molar-refractivity contribution in [3.8, 4) is 0 Å². The van der Waals surface area contributed by atoms with Gasteiger partial charge in [0.15, 0.2) is 0 Å². The Morgan fingerprint density at radius 2 is 0.0545 bits per heavy atom. The van der Waals surface area contributed by atoms with Gasteiger partial charge in [-0.25, -0.2) is 0 Å². The van der Waals surface area contributed by atoms with E-state index in [9.17, 15) is 0 Å². The minimum absolute atomic E-state index is 0. The first-order valence-corrected chi connectivity index (χ1v) is 23.0. The van der Waals surface area contributed by atoms with E-state index in [1.165, 1.54) is 0 Å². The third kappa shape index (κ3) is 0. The highest BCUT2D eigenvalue weighted by atomic mass is 13.1. The van der Waals surface area contributed by atoms with Crippen LogP contribution in [0.4, 0.5) is 0 Å². The van der Waals surface area contributed by atoms with Crippen molar-refractivity contribution in [2.75, 3.05) is 0 Å². The summed E-state index contributed by atoms with van der Waals surface area (Å²) in [6.07, 6.45) is 0. The summed E-state index contributed by atoms with van der Waals surface area (Å²) in [5, 5.41) is 0. The lowest BCUT2D eigenvalue weighted by Gasteiger charge is -1.07. The zero-order valence-corrected chi connectivity index (χ0v) is 46.0. The summed E-state index contributed by atoms with van der Waals surface area (Å²) in [7, 11) is 0. The lowest BCUT2D eigenvalue weighted by molar-refractivity contribution is 1.50. The highest BCUT2D eigenvalue weighted by molar-refractivity contribution is 3.55. The molecule has 0 fully saturated rings. The van der Waals surface area contributed by atoms with Crippen molar-refractivity contribution in [3.63, 3.8) is 0 Å². The van der Waals surface area contributed by atoms with Gasteiger partial charge < -0.3 is 0 Å². The van der Waals surface area contributed by atoms with Gasteiger partial charge in [-0.2, -0.15) is 0 Å². The molecule has 0 aliphatic heterocycles. The van der Waals surface area contributed by atoms with Crippen molar-refractivity contribution in [3.05, 3.63) is 0 Å². The van der Waals surface area contributed by atoms with Crippen molar-refractivity contribution in [2.45, 2.75) is 385 Å². The summed E-state index contributed by atoms with van der Waals surface area (Å²) in [5.74, 6) is 0. The Morgan fingerprint density at radius 3 is 0.0545 bits per heavy atom. The predicted molar refractivity (Wildman–Crippen MR) is 322 cm³/mol. The van der Waals surface area contributed by atoms with Gasteiger partial charge in [-0.1, -0.05) is 385 Å². The second-order valence-electron chi connectivity index (χ2n) is 0. The van der Waals surface area contributed by atoms with E-state index in [0.29, 0.717) is 0 Å². The molecule has 0 atom stereocenters. The van der Waals surface area contributed by atoms with Crippen LogP contribution in [0.1, 0.15) is 385 Å². The molecule has 0 saturated heterocycles. The maximum Gasteiger partial charge on any atom is -0.0683 e. The third-order valence-corrected chi connectivity index (χ3v) is 0. The predicted octanol–water partition coefficient (Wildman–Crippen LogP) is 29.3. The lowest BCUT2D eigenvalue weighted by Crippen LogP contribution is -0.856. The Hall–Kier alpha value is 0. The standard InChI is InChI=1S/23C2H6.9CH4/c23*1-2;;;;;;;;;/h23*1-2H3;9*1H4. The van der Waals surface area contributed by atoms with Crippen molar-refractivity contribution in [1.29, 1.82) is 0 Å². The molecule has 0 radical (unpaired) electrons.